The van der Waals surface area contributed by atoms with Crippen LogP contribution in [0.2, 0.25) is 0 Å². The summed E-state index contributed by atoms with van der Waals surface area (Å²) in [5.41, 5.74) is -0.967. The minimum absolute atomic E-state index is 0.000000000000000444. The van der Waals surface area contributed by atoms with Gasteiger partial charge in [0.25, 0.3) is 0 Å². The molecule has 3 heteroatoms. The number of hydrogen-bond acceptors (Lipinski definition) is 3. The van der Waals surface area contributed by atoms with E-state index in [0.29, 0.717) is 0 Å². The van der Waals surface area contributed by atoms with Crippen LogP contribution in [0.25, 0.3) is 0 Å². The van der Waals surface area contributed by atoms with Crippen LogP contribution in [-0.2, 0) is 9.53 Å². The summed E-state index contributed by atoms with van der Waals surface area (Å²) >= 11 is 0. The number of rotatable bonds is 2. The molecule has 0 bridgehead atoms. The van der Waals surface area contributed by atoms with E-state index < -0.39 is 5.60 Å². The molecule has 2 fully saturated rings. The Kier molecular flexibility index (Phi) is 3.83. The molecule has 0 N–H and O–H groups in total. The van der Waals surface area contributed by atoms with E-state index in [1.165, 1.54) is 6.42 Å². The van der Waals surface area contributed by atoms with Crippen molar-refractivity contribution in [3.05, 3.63) is 0 Å². The molecule has 2 aliphatic heterocycles. The van der Waals surface area contributed by atoms with Crippen molar-refractivity contribution >= 4 is 5.78 Å². The molecule has 0 spiro atoms. The quantitative estimate of drug-likeness (QED) is 0.770. The van der Waals surface area contributed by atoms with Gasteiger partial charge in [0.15, 0.2) is 5.78 Å². The van der Waals surface area contributed by atoms with Crippen molar-refractivity contribution in [1.82, 2.24) is 4.90 Å². The van der Waals surface area contributed by atoms with Crippen LogP contribution in [0.5, 0.6) is 0 Å². The van der Waals surface area contributed by atoms with Gasteiger partial charge in [-0.15, -0.1) is 0 Å². The van der Waals surface area contributed by atoms with E-state index >= 15 is 0 Å². The predicted molar refractivity (Wildman–Crippen MR) is 77.1 cm³/mol. The summed E-state index contributed by atoms with van der Waals surface area (Å²) in [5, 5.41) is 0. The zero-order valence-corrected chi connectivity index (χ0v) is 13.3. The Labute approximate surface area is 117 Å². The molecule has 2 saturated heterocycles. The van der Waals surface area contributed by atoms with Crippen LogP contribution in [0.15, 0.2) is 0 Å². The molecule has 3 unspecified atom stereocenters. The van der Waals surface area contributed by atoms with Crippen LogP contribution in [0.4, 0.5) is 0 Å². The molecule has 0 aliphatic carbocycles. The Morgan fingerprint density at radius 2 is 1.68 bits per heavy atom. The third kappa shape index (κ3) is 3.03. The molecule has 0 amide bonds. The van der Waals surface area contributed by atoms with Gasteiger partial charge in [-0.1, -0.05) is 13.8 Å². The van der Waals surface area contributed by atoms with E-state index in [1.54, 1.807) is 0 Å². The molecule has 0 aromatic rings. The van der Waals surface area contributed by atoms with Crippen LogP contribution in [-0.4, -0.2) is 41.5 Å². The Bertz CT molecular complexity index is 352. The van der Waals surface area contributed by atoms with Gasteiger partial charge in [0, 0.05) is 19.6 Å². The summed E-state index contributed by atoms with van der Waals surface area (Å²) in [6, 6.07) is 0. The molecule has 19 heavy (non-hydrogen) atoms. The lowest BCUT2D eigenvalue weighted by Gasteiger charge is -2.38. The smallest absolute Gasteiger partial charge is 0.171 e. The van der Waals surface area contributed by atoms with Crippen molar-refractivity contribution in [1.29, 1.82) is 0 Å². The highest BCUT2D eigenvalue weighted by Gasteiger charge is 2.53. The van der Waals surface area contributed by atoms with Gasteiger partial charge in [-0.05, 0) is 46.0 Å². The summed E-state index contributed by atoms with van der Waals surface area (Å²) in [6.07, 6.45) is 1.31. The number of piperidine rings is 1. The summed E-state index contributed by atoms with van der Waals surface area (Å²) in [4.78, 5) is 15.0. The van der Waals surface area contributed by atoms with Gasteiger partial charge in [-0.25, -0.2) is 0 Å². The molecule has 2 aliphatic rings. The van der Waals surface area contributed by atoms with E-state index in [4.69, 9.17) is 4.74 Å². The number of likely N-dealkylation sites (tertiary alicyclic amines) is 1. The van der Waals surface area contributed by atoms with E-state index in [9.17, 15) is 4.79 Å². The molecular weight excluding hydrogens is 238 g/mol. The molecule has 110 valence electrons. The monoisotopic (exact) mass is 267 g/mol. The molecule has 0 aromatic carbocycles. The maximum Gasteiger partial charge on any atom is 0.171 e. The second kappa shape index (κ2) is 4.85. The molecule has 3 atom stereocenters. The van der Waals surface area contributed by atoms with Crippen molar-refractivity contribution in [2.75, 3.05) is 19.6 Å². The molecule has 2 rings (SSSR count). The number of ether oxygens (including phenoxy) is 1. The lowest BCUT2D eigenvalue weighted by molar-refractivity contribution is -0.132. The van der Waals surface area contributed by atoms with Crippen molar-refractivity contribution in [3.8, 4) is 0 Å². The zero-order chi connectivity index (χ0) is 14.4. The van der Waals surface area contributed by atoms with Crippen molar-refractivity contribution in [2.45, 2.75) is 59.2 Å². The van der Waals surface area contributed by atoms with E-state index in [2.05, 4.69) is 32.6 Å². The number of ketones is 1. The topological polar surface area (TPSA) is 29.5 Å². The number of carbonyl (C=O) groups excluding carboxylic acids is 1. The van der Waals surface area contributed by atoms with E-state index in [-0.39, 0.29) is 17.3 Å². The number of Topliss-reactive ketones (excluding diaryl/α,β-unsaturated/α-hetero) is 1. The van der Waals surface area contributed by atoms with Crippen molar-refractivity contribution in [3.63, 3.8) is 0 Å². The minimum Gasteiger partial charge on any atom is -0.361 e. The average molecular weight is 267 g/mol. The fourth-order valence-corrected chi connectivity index (χ4v) is 4.02. The lowest BCUT2D eigenvalue weighted by Crippen LogP contribution is -2.46. The standard InChI is InChI=1S/C16H29NO2/c1-11-7-12(2)9-17(8-11)10-13-14(18)16(5,6)19-15(13,3)4/h11-13H,7-10H2,1-6H3. The lowest BCUT2D eigenvalue weighted by atomic mass is 9.84. The van der Waals surface area contributed by atoms with Crippen LogP contribution >= 0.6 is 0 Å². The third-order valence-electron chi connectivity index (χ3n) is 4.65. The van der Waals surface area contributed by atoms with Crippen molar-refractivity contribution < 1.29 is 9.53 Å². The summed E-state index contributed by atoms with van der Waals surface area (Å²) in [5.74, 6) is 1.73. The first-order valence-electron chi connectivity index (χ1n) is 7.58. The highest BCUT2D eigenvalue weighted by molar-refractivity contribution is 5.91. The van der Waals surface area contributed by atoms with Gasteiger partial charge < -0.3 is 9.64 Å². The summed E-state index contributed by atoms with van der Waals surface area (Å²) < 4.78 is 5.98. The molecule has 0 saturated carbocycles. The van der Waals surface area contributed by atoms with E-state index in [0.717, 1.165) is 31.5 Å². The Balaban J connectivity index is 2.08. The van der Waals surface area contributed by atoms with Gasteiger partial charge >= 0.3 is 0 Å². The maximum atomic E-state index is 12.5. The second-order valence-corrected chi connectivity index (χ2v) is 7.80. The summed E-state index contributed by atoms with van der Waals surface area (Å²) in [7, 11) is 0. The molecule has 2 heterocycles. The zero-order valence-electron chi connectivity index (χ0n) is 13.3. The first-order valence-corrected chi connectivity index (χ1v) is 7.58. The molecule has 0 radical (unpaired) electrons. The first-order chi connectivity index (χ1) is 8.62. The fraction of sp³-hybridized carbons (Fsp3) is 0.938. The highest BCUT2D eigenvalue weighted by Crippen LogP contribution is 2.40. The number of carbonyl (C=O) groups is 1. The largest absolute Gasteiger partial charge is 0.361 e. The normalized spacial score (nSPS) is 38.6. The fourth-order valence-electron chi connectivity index (χ4n) is 4.02. The van der Waals surface area contributed by atoms with Crippen LogP contribution in [0, 0.1) is 17.8 Å². The molecule has 3 nitrogen and oxygen atoms in total. The van der Waals surface area contributed by atoms with Gasteiger partial charge in [0.05, 0.1) is 11.5 Å². The number of hydrogen-bond donors (Lipinski definition) is 0. The first kappa shape index (κ1) is 15.0. The second-order valence-electron chi connectivity index (χ2n) is 7.80. The van der Waals surface area contributed by atoms with Crippen molar-refractivity contribution in [2.24, 2.45) is 17.8 Å². The Morgan fingerprint density at radius 1 is 1.16 bits per heavy atom. The molecule has 0 aromatic heterocycles. The predicted octanol–water partition coefficient (Wildman–Crippen LogP) is 2.74. The Hall–Kier alpha value is -0.410. The van der Waals surface area contributed by atoms with Gasteiger partial charge in [-0.3, -0.25) is 4.79 Å². The minimum atomic E-state index is -0.624. The highest BCUT2D eigenvalue weighted by atomic mass is 16.5. The maximum absolute atomic E-state index is 12.5. The molecular formula is C16H29NO2. The van der Waals surface area contributed by atoms with Crippen LogP contribution in [0.3, 0.4) is 0 Å². The SMILES string of the molecule is CC1CC(C)CN(CC2C(=O)C(C)(C)OC2(C)C)C1. The van der Waals surface area contributed by atoms with E-state index in [1.807, 2.05) is 13.8 Å². The average Bonchev–Trinajstić information content (AvgIpc) is 2.35. The number of nitrogens with zero attached hydrogens (tertiary/aromatic N) is 1. The summed E-state index contributed by atoms with van der Waals surface area (Å²) in [6.45, 7) is 15.6. The van der Waals surface area contributed by atoms with Gasteiger partial charge in [0.2, 0.25) is 0 Å². The van der Waals surface area contributed by atoms with Crippen LogP contribution < -0.4 is 0 Å². The van der Waals surface area contributed by atoms with Gasteiger partial charge in [0.1, 0.15) is 5.60 Å². The third-order valence-corrected chi connectivity index (χ3v) is 4.65. The Morgan fingerprint density at radius 3 is 2.11 bits per heavy atom. The van der Waals surface area contributed by atoms with Gasteiger partial charge in [-0.2, -0.15) is 0 Å². The van der Waals surface area contributed by atoms with Crippen LogP contribution in [0.1, 0.15) is 48.0 Å².